The van der Waals surface area contributed by atoms with Crippen LogP contribution < -0.4 is 0 Å². The quantitative estimate of drug-likeness (QED) is 0.510. The molecular formula is C7H11O5P. The molecule has 0 saturated carbocycles. The number of hydrogen-bond donors (Lipinski definition) is 1. The lowest BCUT2D eigenvalue weighted by Crippen LogP contribution is -2.04. The van der Waals surface area contributed by atoms with E-state index in [0.29, 0.717) is 0 Å². The average molecular weight is 206 g/mol. The van der Waals surface area contributed by atoms with Crippen molar-refractivity contribution in [3.8, 4) is 0 Å². The highest BCUT2D eigenvalue weighted by molar-refractivity contribution is 7.71. The second kappa shape index (κ2) is 5.70. The third-order valence-corrected chi connectivity index (χ3v) is 2.41. The fourth-order valence-corrected chi connectivity index (χ4v) is 1.35. The Bertz CT molecular complexity index is 231. The van der Waals surface area contributed by atoms with E-state index in [1.54, 1.807) is 0 Å². The normalized spacial score (nSPS) is 10.8. The predicted octanol–water partition coefficient (Wildman–Crippen LogP) is 2.26. The molecule has 0 atom stereocenters. The van der Waals surface area contributed by atoms with E-state index < -0.39 is 13.3 Å². The van der Waals surface area contributed by atoms with Crippen LogP contribution in [0.4, 0.5) is 4.79 Å². The van der Waals surface area contributed by atoms with Crippen LogP contribution in [-0.2, 0) is 13.6 Å². The Labute approximate surface area is 76.2 Å². The standard InChI is InChI=1S/C7H11O5P/c1-3-5-11-13(10,7(8)9)12-6-4-2/h3-4H,1-2,5-6H2,(H,8,9). The fourth-order valence-electron chi connectivity index (χ4n) is 0.449. The average Bonchev–Trinajstić information content (AvgIpc) is 2.11. The summed E-state index contributed by atoms with van der Waals surface area (Å²) in [5, 5.41) is 8.50. The second-order valence-corrected chi connectivity index (χ2v) is 3.84. The van der Waals surface area contributed by atoms with Gasteiger partial charge < -0.3 is 5.11 Å². The van der Waals surface area contributed by atoms with E-state index in [1.807, 2.05) is 0 Å². The van der Waals surface area contributed by atoms with Crippen LogP contribution in [0, 0.1) is 0 Å². The van der Waals surface area contributed by atoms with Crippen molar-refractivity contribution in [3.05, 3.63) is 25.3 Å². The van der Waals surface area contributed by atoms with Gasteiger partial charge in [0.1, 0.15) is 0 Å². The third kappa shape index (κ3) is 4.03. The number of hydrogen-bond acceptors (Lipinski definition) is 4. The lowest BCUT2D eigenvalue weighted by atomic mass is 10.7. The van der Waals surface area contributed by atoms with E-state index in [-0.39, 0.29) is 13.2 Å². The minimum absolute atomic E-state index is 0.138. The van der Waals surface area contributed by atoms with Gasteiger partial charge >= 0.3 is 13.3 Å². The molecule has 0 spiro atoms. The zero-order valence-corrected chi connectivity index (χ0v) is 7.90. The highest BCUT2D eigenvalue weighted by Gasteiger charge is 2.34. The van der Waals surface area contributed by atoms with Crippen molar-refractivity contribution in [3.63, 3.8) is 0 Å². The van der Waals surface area contributed by atoms with Gasteiger partial charge in [0.05, 0.1) is 13.2 Å². The fraction of sp³-hybridized carbons (Fsp3) is 0.286. The molecule has 0 aliphatic carbocycles. The summed E-state index contributed by atoms with van der Waals surface area (Å²) in [6.45, 7) is 6.30. The summed E-state index contributed by atoms with van der Waals surface area (Å²) in [5.41, 5.74) is -1.61. The molecule has 0 amide bonds. The Kier molecular flexibility index (Phi) is 5.30. The van der Waals surface area contributed by atoms with Crippen molar-refractivity contribution in [1.29, 1.82) is 0 Å². The Morgan fingerprint density at radius 2 is 1.69 bits per heavy atom. The first-order chi connectivity index (χ1) is 6.06. The summed E-state index contributed by atoms with van der Waals surface area (Å²) >= 11 is 0. The molecule has 0 rings (SSSR count). The zero-order chi connectivity index (χ0) is 10.3. The van der Waals surface area contributed by atoms with Crippen molar-refractivity contribution in [1.82, 2.24) is 0 Å². The molecule has 0 saturated heterocycles. The SMILES string of the molecule is C=CCOP(=O)(OCC=C)C(=O)O. The summed E-state index contributed by atoms with van der Waals surface area (Å²) in [6.07, 6.45) is 2.57. The van der Waals surface area contributed by atoms with Gasteiger partial charge in [-0.3, -0.25) is 9.05 Å². The first-order valence-corrected chi connectivity index (χ1v) is 4.95. The highest BCUT2D eigenvalue weighted by atomic mass is 31.2. The molecule has 13 heavy (non-hydrogen) atoms. The van der Waals surface area contributed by atoms with Crippen molar-refractivity contribution in [2.75, 3.05) is 13.2 Å². The number of carboxylic acid groups (broad SMARTS) is 1. The Hall–Kier alpha value is -0.900. The van der Waals surface area contributed by atoms with Gasteiger partial charge in [-0.2, -0.15) is 0 Å². The van der Waals surface area contributed by atoms with Crippen molar-refractivity contribution >= 4 is 13.3 Å². The number of rotatable bonds is 7. The van der Waals surface area contributed by atoms with Gasteiger partial charge in [-0.15, -0.1) is 13.2 Å². The maximum atomic E-state index is 11.3. The van der Waals surface area contributed by atoms with Crippen LogP contribution in [-0.4, -0.2) is 24.0 Å². The Balaban J connectivity index is 4.33. The molecule has 5 nitrogen and oxygen atoms in total. The van der Waals surface area contributed by atoms with E-state index in [2.05, 4.69) is 22.2 Å². The predicted molar refractivity (Wildman–Crippen MR) is 47.9 cm³/mol. The minimum Gasteiger partial charge on any atom is -0.472 e. The van der Waals surface area contributed by atoms with Crippen LogP contribution >= 0.6 is 7.60 Å². The van der Waals surface area contributed by atoms with E-state index >= 15 is 0 Å². The molecular weight excluding hydrogens is 195 g/mol. The summed E-state index contributed by atoms with van der Waals surface area (Å²) in [4.78, 5) is 10.5. The lowest BCUT2D eigenvalue weighted by Gasteiger charge is -2.11. The summed E-state index contributed by atoms with van der Waals surface area (Å²) < 4.78 is 20.3. The summed E-state index contributed by atoms with van der Waals surface area (Å²) in [5.74, 6) is 0. The number of carbonyl (C=O) groups is 1. The van der Waals surface area contributed by atoms with Crippen LogP contribution in [0.5, 0.6) is 0 Å². The molecule has 0 radical (unpaired) electrons. The summed E-state index contributed by atoms with van der Waals surface area (Å²) in [6, 6.07) is 0. The van der Waals surface area contributed by atoms with Crippen LogP contribution in [0.2, 0.25) is 0 Å². The molecule has 0 bridgehead atoms. The molecule has 0 heterocycles. The van der Waals surface area contributed by atoms with E-state index in [0.717, 1.165) is 0 Å². The molecule has 0 aromatic heterocycles. The van der Waals surface area contributed by atoms with Crippen LogP contribution in [0.3, 0.4) is 0 Å². The Morgan fingerprint density at radius 3 is 1.92 bits per heavy atom. The van der Waals surface area contributed by atoms with Gasteiger partial charge in [0.25, 0.3) is 0 Å². The van der Waals surface area contributed by atoms with Crippen molar-refractivity contribution in [2.24, 2.45) is 0 Å². The van der Waals surface area contributed by atoms with E-state index in [9.17, 15) is 9.36 Å². The molecule has 1 N–H and O–H groups in total. The molecule has 74 valence electrons. The summed E-state index contributed by atoms with van der Waals surface area (Å²) in [7, 11) is -4.05. The van der Waals surface area contributed by atoms with Crippen molar-refractivity contribution in [2.45, 2.75) is 0 Å². The smallest absolute Gasteiger partial charge is 0.438 e. The molecule has 0 aromatic carbocycles. The van der Waals surface area contributed by atoms with Crippen LogP contribution in [0.15, 0.2) is 25.3 Å². The molecule has 0 aliphatic heterocycles. The maximum Gasteiger partial charge on any atom is 0.438 e. The molecule has 0 aliphatic rings. The Morgan fingerprint density at radius 1 is 1.31 bits per heavy atom. The van der Waals surface area contributed by atoms with E-state index in [1.165, 1.54) is 12.2 Å². The van der Waals surface area contributed by atoms with Gasteiger partial charge in [-0.05, 0) is 0 Å². The molecule has 0 unspecified atom stereocenters. The van der Waals surface area contributed by atoms with Crippen LogP contribution in [0.1, 0.15) is 0 Å². The second-order valence-electron chi connectivity index (χ2n) is 1.95. The van der Waals surface area contributed by atoms with Crippen molar-refractivity contribution < 1.29 is 23.5 Å². The van der Waals surface area contributed by atoms with Gasteiger partial charge in [-0.25, -0.2) is 9.36 Å². The zero-order valence-electron chi connectivity index (χ0n) is 7.01. The first kappa shape index (κ1) is 12.1. The van der Waals surface area contributed by atoms with Crippen LogP contribution in [0.25, 0.3) is 0 Å². The van der Waals surface area contributed by atoms with Gasteiger partial charge in [-0.1, -0.05) is 12.2 Å². The monoisotopic (exact) mass is 206 g/mol. The van der Waals surface area contributed by atoms with E-state index in [4.69, 9.17) is 5.11 Å². The topological polar surface area (TPSA) is 72.8 Å². The van der Waals surface area contributed by atoms with Gasteiger partial charge in [0.2, 0.25) is 0 Å². The molecule has 0 fully saturated rings. The molecule has 6 heteroatoms. The largest absolute Gasteiger partial charge is 0.472 e. The highest BCUT2D eigenvalue weighted by Crippen LogP contribution is 2.48. The first-order valence-electron chi connectivity index (χ1n) is 3.41. The maximum absolute atomic E-state index is 11.3. The molecule has 0 aromatic rings. The third-order valence-electron chi connectivity index (χ3n) is 0.959. The minimum atomic E-state index is -4.05. The van der Waals surface area contributed by atoms with Gasteiger partial charge in [0.15, 0.2) is 0 Å². The lowest BCUT2D eigenvalue weighted by molar-refractivity contribution is 0.188. The van der Waals surface area contributed by atoms with Gasteiger partial charge in [0, 0.05) is 0 Å².